The number of alkyl halides is 3. The van der Waals surface area contributed by atoms with Crippen molar-refractivity contribution >= 4 is 11.7 Å². The van der Waals surface area contributed by atoms with Crippen LogP contribution in [-0.2, 0) is 6.18 Å². The number of benzene rings is 1. The zero-order valence-corrected chi connectivity index (χ0v) is 18.1. The van der Waals surface area contributed by atoms with Gasteiger partial charge in [-0.3, -0.25) is 4.79 Å². The molecule has 1 aliphatic rings. The average Bonchev–Trinajstić information content (AvgIpc) is 3.34. The number of nitrogens with zero attached hydrogens (tertiary/aromatic N) is 5. The number of carbonyl (C=O) groups excluding carboxylic acids is 1. The molecule has 3 heterocycles. The Balaban J connectivity index is 1.58. The number of pyridine rings is 1. The van der Waals surface area contributed by atoms with Crippen LogP contribution in [0.1, 0.15) is 35.7 Å². The van der Waals surface area contributed by atoms with Crippen LogP contribution in [0.3, 0.4) is 0 Å². The van der Waals surface area contributed by atoms with Gasteiger partial charge in [0.1, 0.15) is 11.5 Å². The Morgan fingerprint density at radius 2 is 1.85 bits per heavy atom. The highest BCUT2D eigenvalue weighted by molar-refractivity contribution is 5.98. The molecule has 0 aliphatic carbocycles. The maximum Gasteiger partial charge on any atom is 0.417 e. The van der Waals surface area contributed by atoms with E-state index in [2.05, 4.69) is 20.5 Å². The summed E-state index contributed by atoms with van der Waals surface area (Å²) in [5, 5.41) is 10.8. The topological polar surface area (TPSA) is 75.9 Å². The molecule has 0 spiro atoms. The van der Waals surface area contributed by atoms with Crippen LogP contribution >= 0.6 is 0 Å². The van der Waals surface area contributed by atoms with E-state index in [0.717, 1.165) is 35.6 Å². The number of hydrogen-bond acceptors (Lipinski definition) is 5. The molecular weight excluding hydrogens is 459 g/mol. The molecule has 3 aromatic rings. The van der Waals surface area contributed by atoms with Crippen molar-refractivity contribution in [2.24, 2.45) is 5.92 Å². The lowest BCUT2D eigenvalue weighted by atomic mass is 9.90. The number of nitrogens with one attached hydrogen (secondary N) is 1. The second kappa shape index (κ2) is 9.35. The van der Waals surface area contributed by atoms with Crippen molar-refractivity contribution in [1.82, 2.24) is 24.9 Å². The largest absolute Gasteiger partial charge is 0.417 e. The van der Waals surface area contributed by atoms with E-state index in [0.29, 0.717) is 13.0 Å². The van der Waals surface area contributed by atoms with Gasteiger partial charge in [0.05, 0.1) is 29.6 Å². The Kier molecular flexibility index (Phi) is 6.49. The Morgan fingerprint density at radius 3 is 2.50 bits per heavy atom. The molecule has 1 N–H and O–H groups in total. The van der Waals surface area contributed by atoms with Crippen molar-refractivity contribution in [2.75, 3.05) is 18.4 Å². The van der Waals surface area contributed by atoms with Crippen molar-refractivity contribution in [3.63, 3.8) is 0 Å². The normalized spacial score (nSPS) is 18.7. The van der Waals surface area contributed by atoms with Crippen LogP contribution in [0, 0.1) is 17.6 Å². The molecule has 0 bridgehead atoms. The van der Waals surface area contributed by atoms with Gasteiger partial charge >= 0.3 is 6.18 Å². The van der Waals surface area contributed by atoms with Crippen LogP contribution < -0.4 is 5.32 Å². The second-order valence-corrected chi connectivity index (χ2v) is 8.10. The van der Waals surface area contributed by atoms with E-state index in [-0.39, 0.29) is 35.6 Å². The number of aromatic nitrogens is 4. The lowest BCUT2D eigenvalue weighted by molar-refractivity contribution is -0.137. The molecule has 1 saturated heterocycles. The zero-order valence-electron chi connectivity index (χ0n) is 18.1. The SMILES string of the molecule is C[C@@H]1CCCN(C(=O)c2cc(F)c(F)cc2-n2nccn2)C1CNc1ccc(C(F)(F)F)cn1. The summed E-state index contributed by atoms with van der Waals surface area (Å²) < 4.78 is 66.4. The van der Waals surface area contributed by atoms with Gasteiger partial charge < -0.3 is 10.2 Å². The van der Waals surface area contributed by atoms with Gasteiger partial charge in [-0.15, -0.1) is 0 Å². The predicted molar refractivity (Wildman–Crippen MR) is 112 cm³/mol. The molecule has 1 fully saturated rings. The molecule has 2 atom stereocenters. The third-order valence-electron chi connectivity index (χ3n) is 5.86. The van der Waals surface area contributed by atoms with Gasteiger partial charge in [-0.05, 0) is 37.0 Å². The third kappa shape index (κ3) is 4.85. The smallest absolute Gasteiger partial charge is 0.368 e. The van der Waals surface area contributed by atoms with Gasteiger partial charge in [0.25, 0.3) is 5.91 Å². The molecule has 4 rings (SSSR count). The summed E-state index contributed by atoms with van der Waals surface area (Å²) in [5.41, 5.74) is -0.955. The molecule has 2 aromatic heterocycles. The molecule has 34 heavy (non-hydrogen) atoms. The lowest BCUT2D eigenvalue weighted by Gasteiger charge is -2.40. The van der Waals surface area contributed by atoms with E-state index >= 15 is 0 Å². The van der Waals surface area contributed by atoms with E-state index in [9.17, 15) is 26.7 Å². The van der Waals surface area contributed by atoms with Crippen LogP contribution in [0.5, 0.6) is 0 Å². The number of carbonyl (C=O) groups is 1. The van der Waals surface area contributed by atoms with Crippen LogP contribution in [-0.4, -0.2) is 49.9 Å². The van der Waals surface area contributed by atoms with Gasteiger partial charge in [0, 0.05) is 25.4 Å². The monoisotopic (exact) mass is 480 g/mol. The van der Waals surface area contributed by atoms with Crippen molar-refractivity contribution in [2.45, 2.75) is 32.0 Å². The number of likely N-dealkylation sites (tertiary alicyclic amines) is 1. The van der Waals surface area contributed by atoms with Crippen molar-refractivity contribution in [1.29, 1.82) is 0 Å². The van der Waals surface area contributed by atoms with Crippen molar-refractivity contribution < 1.29 is 26.7 Å². The van der Waals surface area contributed by atoms with E-state index in [1.807, 2.05) is 6.92 Å². The highest BCUT2D eigenvalue weighted by Crippen LogP contribution is 2.30. The quantitative estimate of drug-likeness (QED) is 0.551. The number of amides is 1. The zero-order chi connectivity index (χ0) is 24.5. The minimum absolute atomic E-state index is 0.00300. The molecule has 12 heteroatoms. The molecule has 1 amide bonds. The van der Waals surface area contributed by atoms with Gasteiger partial charge in [-0.2, -0.15) is 28.2 Å². The van der Waals surface area contributed by atoms with E-state index in [4.69, 9.17) is 0 Å². The van der Waals surface area contributed by atoms with Gasteiger partial charge in [0.2, 0.25) is 0 Å². The molecule has 1 aliphatic heterocycles. The first-order valence-corrected chi connectivity index (χ1v) is 10.6. The maximum atomic E-state index is 14.1. The van der Waals surface area contributed by atoms with E-state index in [1.165, 1.54) is 18.5 Å². The van der Waals surface area contributed by atoms with Crippen LogP contribution in [0.15, 0.2) is 42.9 Å². The minimum atomic E-state index is -4.49. The second-order valence-electron chi connectivity index (χ2n) is 8.10. The standard InChI is InChI=1S/C22H21F5N6O/c1-13-3-2-8-32(19(13)12-29-20-5-4-14(11-28-20)22(25,26)27)21(34)15-9-16(23)17(24)10-18(15)33-30-6-7-31-33/h4-7,9-11,13,19H,2-3,8,12H2,1H3,(H,28,29)/t13-,19?/m1/s1. The number of anilines is 1. The van der Waals surface area contributed by atoms with Gasteiger partial charge in [-0.1, -0.05) is 6.92 Å². The highest BCUT2D eigenvalue weighted by atomic mass is 19.4. The summed E-state index contributed by atoms with van der Waals surface area (Å²) in [6.07, 6.45) is 0.478. The number of rotatable bonds is 5. The summed E-state index contributed by atoms with van der Waals surface area (Å²) in [6, 6.07) is 3.48. The molecular formula is C22H21F5N6O. The Morgan fingerprint density at radius 1 is 1.15 bits per heavy atom. The summed E-state index contributed by atoms with van der Waals surface area (Å²) in [6.45, 7) is 2.54. The molecule has 0 radical (unpaired) electrons. The third-order valence-corrected chi connectivity index (χ3v) is 5.86. The number of hydrogen-bond donors (Lipinski definition) is 1. The lowest BCUT2D eigenvalue weighted by Crippen LogP contribution is -2.51. The average molecular weight is 480 g/mol. The first kappa shape index (κ1) is 23.6. The fourth-order valence-corrected chi connectivity index (χ4v) is 4.06. The van der Waals surface area contributed by atoms with Crippen molar-refractivity contribution in [3.05, 3.63) is 65.6 Å². The number of piperidine rings is 1. The summed E-state index contributed by atoms with van der Waals surface area (Å²) in [7, 11) is 0. The molecule has 1 unspecified atom stereocenters. The Bertz CT molecular complexity index is 1150. The summed E-state index contributed by atoms with van der Waals surface area (Å²) >= 11 is 0. The summed E-state index contributed by atoms with van der Waals surface area (Å²) in [5.74, 6) is -2.57. The predicted octanol–water partition coefficient (Wildman–Crippen LogP) is 4.31. The first-order valence-electron chi connectivity index (χ1n) is 10.6. The van der Waals surface area contributed by atoms with Crippen molar-refractivity contribution in [3.8, 4) is 5.69 Å². The van der Waals surface area contributed by atoms with Gasteiger partial charge in [0.15, 0.2) is 11.6 Å². The number of halogens is 5. The Labute approximate surface area is 191 Å². The Hall–Kier alpha value is -3.57. The van der Waals surface area contributed by atoms with Crippen LogP contribution in [0.4, 0.5) is 27.8 Å². The fourth-order valence-electron chi connectivity index (χ4n) is 4.06. The fraction of sp³-hybridized carbons (Fsp3) is 0.364. The van der Waals surface area contributed by atoms with E-state index in [1.54, 1.807) is 4.90 Å². The molecule has 0 saturated carbocycles. The van der Waals surface area contributed by atoms with Gasteiger partial charge in [-0.25, -0.2) is 13.8 Å². The molecule has 7 nitrogen and oxygen atoms in total. The van der Waals surface area contributed by atoms with Crippen LogP contribution in [0.25, 0.3) is 5.69 Å². The maximum absolute atomic E-state index is 14.1. The molecule has 180 valence electrons. The highest BCUT2D eigenvalue weighted by Gasteiger charge is 2.34. The first-order chi connectivity index (χ1) is 16.1. The van der Waals surface area contributed by atoms with E-state index < -0.39 is 29.3 Å². The summed E-state index contributed by atoms with van der Waals surface area (Å²) in [4.78, 5) is 19.9. The minimum Gasteiger partial charge on any atom is -0.368 e. The van der Waals surface area contributed by atoms with Crippen LogP contribution in [0.2, 0.25) is 0 Å². The molecule has 1 aromatic carbocycles.